The van der Waals surface area contributed by atoms with Crippen molar-refractivity contribution < 1.29 is 20.1 Å². The molecule has 20 heavy (non-hydrogen) atoms. The second kappa shape index (κ2) is 4.52. The number of nitrogens with one attached hydrogen (secondary N) is 1. The molecule has 3 heterocycles. The lowest BCUT2D eigenvalue weighted by Gasteiger charge is -2.16. The zero-order valence-electron chi connectivity index (χ0n) is 10.2. The maximum atomic E-state index is 11.7. The molecule has 0 aromatic carbocycles. The van der Waals surface area contributed by atoms with Crippen LogP contribution in [0.3, 0.4) is 0 Å². The standard InChI is InChI=1S/C10H13N5O5/c11-10-13-7-4(8(19)14-10)12-2-15(7)9-6(18)5(17)3(1-16)20-9/h2-3,5-6,9,16-18H,1H2,(H3,11,13,14,19)/t3?,5-,6?,9?/m1/s1. The Morgan fingerprint density at radius 1 is 1.45 bits per heavy atom. The zero-order valence-corrected chi connectivity index (χ0v) is 10.2. The molecule has 3 unspecified atom stereocenters. The van der Waals surface area contributed by atoms with Crippen molar-refractivity contribution >= 4 is 17.1 Å². The van der Waals surface area contributed by atoms with Gasteiger partial charge in [-0.2, -0.15) is 4.98 Å². The second-order valence-corrected chi connectivity index (χ2v) is 4.50. The third kappa shape index (κ3) is 1.78. The minimum atomic E-state index is -1.29. The number of aromatic nitrogens is 4. The predicted molar refractivity (Wildman–Crippen MR) is 65.6 cm³/mol. The van der Waals surface area contributed by atoms with Gasteiger partial charge < -0.3 is 25.8 Å². The SMILES string of the molecule is Nc1nc2c(ncn2C2OC(CO)[C@@H](O)C2O)c(=O)[nH]1. The molecule has 10 heteroatoms. The molecule has 108 valence electrons. The van der Waals surface area contributed by atoms with E-state index >= 15 is 0 Å². The van der Waals surface area contributed by atoms with E-state index < -0.39 is 36.7 Å². The Morgan fingerprint density at radius 2 is 2.20 bits per heavy atom. The molecule has 6 N–H and O–H groups in total. The van der Waals surface area contributed by atoms with Crippen LogP contribution in [-0.4, -0.2) is 59.8 Å². The molecule has 0 bridgehead atoms. The van der Waals surface area contributed by atoms with Crippen molar-refractivity contribution in [2.75, 3.05) is 12.3 Å². The number of nitrogens with two attached hydrogens (primary N) is 1. The number of imidazole rings is 1. The van der Waals surface area contributed by atoms with Crippen LogP contribution in [0.1, 0.15) is 6.23 Å². The molecule has 0 aliphatic carbocycles. The van der Waals surface area contributed by atoms with Gasteiger partial charge >= 0.3 is 0 Å². The maximum Gasteiger partial charge on any atom is 0.280 e. The molecule has 1 aliphatic rings. The van der Waals surface area contributed by atoms with E-state index in [4.69, 9.17) is 15.6 Å². The third-order valence-electron chi connectivity index (χ3n) is 3.24. The average Bonchev–Trinajstić information content (AvgIpc) is 2.93. The maximum absolute atomic E-state index is 11.7. The van der Waals surface area contributed by atoms with Crippen LogP contribution >= 0.6 is 0 Å². The second-order valence-electron chi connectivity index (χ2n) is 4.50. The quantitative estimate of drug-likeness (QED) is 0.398. The Kier molecular flexibility index (Phi) is 2.94. The van der Waals surface area contributed by atoms with E-state index in [2.05, 4.69) is 15.0 Å². The van der Waals surface area contributed by atoms with Crippen LogP contribution in [0.5, 0.6) is 0 Å². The Balaban J connectivity index is 2.09. The van der Waals surface area contributed by atoms with Crippen LogP contribution in [-0.2, 0) is 4.74 Å². The molecule has 1 aliphatic heterocycles. The number of H-pyrrole nitrogens is 1. The van der Waals surface area contributed by atoms with E-state index in [-0.39, 0.29) is 17.1 Å². The van der Waals surface area contributed by atoms with Gasteiger partial charge in [-0.3, -0.25) is 14.3 Å². The van der Waals surface area contributed by atoms with Crippen molar-refractivity contribution in [3.8, 4) is 0 Å². The largest absolute Gasteiger partial charge is 0.394 e. The van der Waals surface area contributed by atoms with Crippen molar-refractivity contribution in [1.29, 1.82) is 0 Å². The smallest absolute Gasteiger partial charge is 0.280 e. The lowest BCUT2D eigenvalue weighted by atomic mass is 10.1. The van der Waals surface area contributed by atoms with Gasteiger partial charge in [0.1, 0.15) is 18.3 Å². The Labute approximate surface area is 111 Å². The Bertz CT molecular complexity index is 697. The van der Waals surface area contributed by atoms with E-state index in [1.807, 2.05) is 0 Å². The van der Waals surface area contributed by atoms with E-state index in [0.717, 1.165) is 0 Å². The first-order valence-electron chi connectivity index (χ1n) is 5.87. The van der Waals surface area contributed by atoms with Gasteiger partial charge in [0.25, 0.3) is 5.56 Å². The highest BCUT2D eigenvalue weighted by Gasteiger charge is 2.44. The number of nitrogen functional groups attached to an aromatic ring is 1. The summed E-state index contributed by atoms with van der Waals surface area (Å²) in [5.41, 5.74) is 5.12. The first kappa shape index (κ1) is 13.0. The molecule has 3 rings (SSSR count). The van der Waals surface area contributed by atoms with E-state index in [1.165, 1.54) is 10.9 Å². The number of ether oxygens (including phenoxy) is 1. The van der Waals surface area contributed by atoms with E-state index in [1.54, 1.807) is 0 Å². The van der Waals surface area contributed by atoms with Crippen LogP contribution in [0.15, 0.2) is 11.1 Å². The fraction of sp³-hybridized carbons (Fsp3) is 0.500. The molecule has 10 nitrogen and oxygen atoms in total. The monoisotopic (exact) mass is 283 g/mol. The number of hydrogen-bond donors (Lipinski definition) is 5. The fourth-order valence-corrected chi connectivity index (χ4v) is 2.24. The molecular formula is C10H13N5O5. The van der Waals surface area contributed by atoms with Gasteiger partial charge in [0.2, 0.25) is 5.95 Å². The highest BCUT2D eigenvalue weighted by atomic mass is 16.6. The van der Waals surface area contributed by atoms with Crippen LogP contribution < -0.4 is 11.3 Å². The van der Waals surface area contributed by atoms with Crippen molar-refractivity contribution in [3.63, 3.8) is 0 Å². The zero-order chi connectivity index (χ0) is 14.4. The normalized spacial score (nSPS) is 30.1. The summed E-state index contributed by atoms with van der Waals surface area (Å²) in [5, 5.41) is 28.7. The van der Waals surface area contributed by atoms with Gasteiger partial charge in [-0.15, -0.1) is 0 Å². The highest BCUT2D eigenvalue weighted by molar-refractivity contribution is 5.70. The molecule has 2 aromatic rings. The van der Waals surface area contributed by atoms with Gasteiger partial charge in [0.15, 0.2) is 17.4 Å². The molecule has 0 amide bonds. The lowest BCUT2D eigenvalue weighted by Crippen LogP contribution is -2.33. The fourth-order valence-electron chi connectivity index (χ4n) is 2.24. The summed E-state index contributed by atoms with van der Waals surface area (Å²) in [6.45, 7) is -0.447. The Morgan fingerprint density at radius 3 is 2.85 bits per heavy atom. The summed E-state index contributed by atoms with van der Waals surface area (Å²) in [7, 11) is 0. The van der Waals surface area contributed by atoms with Crippen molar-refractivity contribution in [1.82, 2.24) is 19.5 Å². The van der Waals surface area contributed by atoms with Gasteiger partial charge in [-0.25, -0.2) is 4.98 Å². The van der Waals surface area contributed by atoms with Gasteiger partial charge in [0.05, 0.1) is 12.9 Å². The Hall–Kier alpha value is -2.01. The van der Waals surface area contributed by atoms with Crippen molar-refractivity contribution in [2.45, 2.75) is 24.5 Å². The number of aromatic amines is 1. The molecule has 4 atom stereocenters. The third-order valence-corrected chi connectivity index (χ3v) is 3.24. The van der Waals surface area contributed by atoms with Crippen molar-refractivity contribution in [3.05, 3.63) is 16.7 Å². The molecule has 0 saturated carbocycles. The molecular weight excluding hydrogens is 270 g/mol. The first-order valence-corrected chi connectivity index (χ1v) is 5.87. The number of aliphatic hydroxyl groups is 3. The van der Waals surface area contributed by atoms with Crippen LogP contribution in [0.2, 0.25) is 0 Å². The number of fused-ring (bicyclic) bond motifs is 1. The van der Waals surface area contributed by atoms with Crippen LogP contribution in [0.4, 0.5) is 5.95 Å². The number of hydrogen-bond acceptors (Lipinski definition) is 8. The number of nitrogens with zero attached hydrogens (tertiary/aromatic N) is 3. The van der Waals surface area contributed by atoms with Gasteiger partial charge in [-0.05, 0) is 0 Å². The summed E-state index contributed by atoms with van der Waals surface area (Å²) in [6, 6.07) is 0. The van der Waals surface area contributed by atoms with Gasteiger partial charge in [-0.1, -0.05) is 0 Å². The predicted octanol–water partition coefficient (Wildman–Crippen LogP) is -2.69. The minimum absolute atomic E-state index is 0.0388. The van der Waals surface area contributed by atoms with E-state index in [9.17, 15) is 15.0 Å². The summed E-state index contributed by atoms with van der Waals surface area (Å²) in [5.74, 6) is -0.101. The first-order chi connectivity index (χ1) is 9.52. The number of anilines is 1. The highest BCUT2D eigenvalue weighted by Crippen LogP contribution is 2.30. The van der Waals surface area contributed by atoms with Crippen molar-refractivity contribution in [2.24, 2.45) is 0 Å². The number of aliphatic hydroxyl groups excluding tert-OH is 3. The molecule has 0 spiro atoms. The van der Waals surface area contributed by atoms with Gasteiger partial charge in [0, 0.05) is 0 Å². The molecule has 1 saturated heterocycles. The summed E-state index contributed by atoms with van der Waals surface area (Å²) in [6.07, 6.45) is -3.21. The molecule has 2 aromatic heterocycles. The summed E-state index contributed by atoms with van der Waals surface area (Å²) < 4.78 is 6.64. The lowest BCUT2D eigenvalue weighted by molar-refractivity contribution is -0.0511. The average molecular weight is 283 g/mol. The summed E-state index contributed by atoms with van der Waals surface area (Å²) >= 11 is 0. The molecule has 1 fully saturated rings. The van der Waals surface area contributed by atoms with Crippen LogP contribution in [0, 0.1) is 0 Å². The van der Waals surface area contributed by atoms with Crippen LogP contribution in [0.25, 0.3) is 11.2 Å². The molecule has 0 radical (unpaired) electrons. The topological polar surface area (TPSA) is 160 Å². The van der Waals surface area contributed by atoms with E-state index in [0.29, 0.717) is 0 Å². The minimum Gasteiger partial charge on any atom is -0.394 e. The number of rotatable bonds is 2. The summed E-state index contributed by atoms with van der Waals surface area (Å²) in [4.78, 5) is 21.8.